The molecular formula is C19H23ClN2O3S. The molecule has 0 amide bonds. The van der Waals surface area contributed by atoms with Crippen molar-refractivity contribution >= 4 is 21.6 Å². The summed E-state index contributed by atoms with van der Waals surface area (Å²) in [6, 6.07) is 15.4. The molecule has 1 aliphatic heterocycles. The van der Waals surface area contributed by atoms with Crippen molar-refractivity contribution in [1.29, 1.82) is 0 Å². The van der Waals surface area contributed by atoms with E-state index >= 15 is 0 Å². The second-order valence-electron chi connectivity index (χ2n) is 6.27. The molecule has 5 nitrogen and oxygen atoms in total. The van der Waals surface area contributed by atoms with Gasteiger partial charge in [-0.3, -0.25) is 0 Å². The van der Waals surface area contributed by atoms with Gasteiger partial charge in [-0.1, -0.05) is 48.0 Å². The van der Waals surface area contributed by atoms with Crippen LogP contribution in [0.15, 0.2) is 48.5 Å². The highest BCUT2D eigenvalue weighted by molar-refractivity contribution is 7.88. The fraction of sp³-hybridized carbons (Fsp3) is 0.368. The van der Waals surface area contributed by atoms with Crippen LogP contribution in [0.4, 0.5) is 0 Å². The van der Waals surface area contributed by atoms with Gasteiger partial charge < -0.3 is 10.1 Å². The minimum absolute atomic E-state index is 0.0196. The Morgan fingerprint density at radius 2 is 1.62 bits per heavy atom. The predicted molar refractivity (Wildman–Crippen MR) is 103 cm³/mol. The number of halogens is 1. The zero-order valence-corrected chi connectivity index (χ0v) is 16.1. The molecule has 3 rings (SSSR count). The van der Waals surface area contributed by atoms with Crippen LogP contribution in [0.5, 0.6) is 0 Å². The molecule has 0 atom stereocenters. The Hall–Kier alpha value is -1.44. The molecule has 2 aromatic carbocycles. The molecule has 0 aromatic heterocycles. The van der Waals surface area contributed by atoms with Gasteiger partial charge in [-0.2, -0.15) is 4.31 Å². The van der Waals surface area contributed by atoms with Crippen molar-refractivity contribution in [2.75, 3.05) is 26.3 Å². The summed E-state index contributed by atoms with van der Waals surface area (Å²) in [4.78, 5) is 0. The summed E-state index contributed by atoms with van der Waals surface area (Å²) < 4.78 is 32.1. The zero-order valence-electron chi connectivity index (χ0n) is 14.5. The third-order valence-electron chi connectivity index (χ3n) is 4.38. The molecule has 0 radical (unpaired) electrons. The highest BCUT2D eigenvalue weighted by Crippen LogP contribution is 2.17. The highest BCUT2D eigenvalue weighted by Gasteiger charge is 2.25. The van der Waals surface area contributed by atoms with Crippen molar-refractivity contribution < 1.29 is 13.2 Å². The second-order valence-corrected chi connectivity index (χ2v) is 8.67. The first kappa shape index (κ1) is 19.3. The lowest BCUT2D eigenvalue weighted by Gasteiger charge is -2.26. The molecule has 2 aromatic rings. The lowest BCUT2D eigenvalue weighted by Crippen LogP contribution is -2.41. The van der Waals surface area contributed by atoms with Crippen molar-refractivity contribution in [3.05, 3.63) is 70.2 Å². The fourth-order valence-electron chi connectivity index (χ4n) is 2.93. The number of nitrogens with one attached hydrogen (secondary N) is 1. The first-order chi connectivity index (χ1) is 12.5. The maximum Gasteiger partial charge on any atom is 0.218 e. The molecule has 0 saturated carbocycles. The number of morpholine rings is 1. The van der Waals surface area contributed by atoms with Gasteiger partial charge in [0.15, 0.2) is 0 Å². The molecule has 26 heavy (non-hydrogen) atoms. The van der Waals surface area contributed by atoms with E-state index in [2.05, 4.69) is 5.32 Å². The van der Waals surface area contributed by atoms with Crippen LogP contribution in [0.1, 0.15) is 16.7 Å². The first-order valence-electron chi connectivity index (χ1n) is 8.62. The lowest BCUT2D eigenvalue weighted by molar-refractivity contribution is 0.0729. The van der Waals surface area contributed by atoms with Crippen molar-refractivity contribution in [2.24, 2.45) is 0 Å². The number of nitrogens with zero attached hydrogens (tertiary/aromatic N) is 1. The van der Waals surface area contributed by atoms with Gasteiger partial charge in [0.2, 0.25) is 10.0 Å². The van der Waals surface area contributed by atoms with Crippen LogP contribution in [0.2, 0.25) is 5.02 Å². The van der Waals surface area contributed by atoms with Gasteiger partial charge in [0, 0.05) is 31.2 Å². The molecule has 1 fully saturated rings. The van der Waals surface area contributed by atoms with E-state index in [0.29, 0.717) is 44.4 Å². The van der Waals surface area contributed by atoms with Crippen molar-refractivity contribution in [3.8, 4) is 0 Å². The Kier molecular flexibility index (Phi) is 6.67. The van der Waals surface area contributed by atoms with Crippen molar-refractivity contribution in [3.63, 3.8) is 0 Å². The third kappa shape index (κ3) is 5.28. The minimum atomic E-state index is -3.33. The highest BCUT2D eigenvalue weighted by atomic mass is 35.5. The Bertz CT molecular complexity index is 819. The average Bonchev–Trinajstić information content (AvgIpc) is 2.65. The van der Waals surface area contributed by atoms with E-state index in [1.165, 1.54) is 4.31 Å². The monoisotopic (exact) mass is 394 g/mol. The second kappa shape index (κ2) is 8.97. The van der Waals surface area contributed by atoms with Crippen LogP contribution < -0.4 is 5.32 Å². The lowest BCUT2D eigenvalue weighted by atomic mass is 10.1. The average molecular weight is 395 g/mol. The third-order valence-corrected chi connectivity index (χ3v) is 6.46. The van der Waals surface area contributed by atoms with Gasteiger partial charge in [-0.05, 0) is 28.8 Å². The van der Waals surface area contributed by atoms with Gasteiger partial charge >= 0.3 is 0 Å². The molecule has 0 bridgehead atoms. The molecule has 1 N–H and O–H groups in total. The van der Waals surface area contributed by atoms with Crippen LogP contribution in [0.25, 0.3) is 0 Å². The summed E-state index contributed by atoms with van der Waals surface area (Å²) >= 11 is 5.90. The molecular weight excluding hydrogens is 372 g/mol. The number of hydrogen-bond acceptors (Lipinski definition) is 4. The van der Waals surface area contributed by atoms with Crippen molar-refractivity contribution in [1.82, 2.24) is 9.62 Å². The number of rotatable bonds is 7. The number of sulfonamides is 1. The Labute approximate surface area is 160 Å². The smallest absolute Gasteiger partial charge is 0.218 e. The quantitative estimate of drug-likeness (QED) is 0.784. The first-order valence-corrected chi connectivity index (χ1v) is 10.6. The van der Waals surface area contributed by atoms with Gasteiger partial charge in [-0.25, -0.2) is 8.42 Å². The summed E-state index contributed by atoms with van der Waals surface area (Å²) in [6.07, 6.45) is 0. The van der Waals surface area contributed by atoms with Gasteiger partial charge in [-0.15, -0.1) is 0 Å². The number of hydrogen-bond donors (Lipinski definition) is 1. The van der Waals surface area contributed by atoms with E-state index in [4.69, 9.17) is 16.3 Å². The number of ether oxygens (including phenoxy) is 1. The Balaban J connectivity index is 1.63. The van der Waals surface area contributed by atoms with Crippen LogP contribution in [-0.4, -0.2) is 39.0 Å². The van der Waals surface area contributed by atoms with E-state index in [0.717, 1.165) is 16.7 Å². The van der Waals surface area contributed by atoms with Crippen LogP contribution in [0.3, 0.4) is 0 Å². The van der Waals surface area contributed by atoms with Crippen LogP contribution >= 0.6 is 11.6 Å². The maximum absolute atomic E-state index is 12.7. The normalized spacial score (nSPS) is 15.9. The summed E-state index contributed by atoms with van der Waals surface area (Å²) in [7, 11) is -3.33. The van der Waals surface area contributed by atoms with E-state index in [1.807, 2.05) is 48.5 Å². The molecule has 1 saturated heterocycles. The molecule has 0 spiro atoms. The summed E-state index contributed by atoms with van der Waals surface area (Å²) in [5, 5.41) is 4.09. The standard InChI is InChI=1S/C19H23ClN2O3S/c20-19-7-5-16(6-8-19)13-21-14-17-3-1-2-4-18(17)15-26(23,24)22-9-11-25-12-10-22/h1-8,21H,9-15H2. The number of benzene rings is 2. The molecule has 7 heteroatoms. The largest absolute Gasteiger partial charge is 0.379 e. The van der Waals surface area contributed by atoms with E-state index < -0.39 is 10.0 Å². The maximum atomic E-state index is 12.7. The summed E-state index contributed by atoms with van der Waals surface area (Å²) in [5.74, 6) is 0.0196. The van der Waals surface area contributed by atoms with Crippen molar-refractivity contribution in [2.45, 2.75) is 18.8 Å². The van der Waals surface area contributed by atoms with Gasteiger partial charge in [0.1, 0.15) is 0 Å². The molecule has 0 aliphatic carbocycles. The van der Waals surface area contributed by atoms with E-state index in [9.17, 15) is 8.42 Å². The molecule has 140 valence electrons. The predicted octanol–water partition coefficient (Wildman–Crippen LogP) is 2.79. The van der Waals surface area contributed by atoms with Crippen LogP contribution in [-0.2, 0) is 33.6 Å². The van der Waals surface area contributed by atoms with E-state index in [1.54, 1.807) is 0 Å². The molecule has 0 unspecified atom stereocenters. The molecule has 1 aliphatic rings. The Morgan fingerprint density at radius 3 is 2.31 bits per heavy atom. The molecule has 1 heterocycles. The Morgan fingerprint density at radius 1 is 0.962 bits per heavy atom. The summed E-state index contributed by atoms with van der Waals surface area (Å²) in [5.41, 5.74) is 2.97. The minimum Gasteiger partial charge on any atom is -0.379 e. The van der Waals surface area contributed by atoms with Gasteiger partial charge in [0.05, 0.1) is 19.0 Å². The van der Waals surface area contributed by atoms with E-state index in [-0.39, 0.29) is 5.75 Å². The van der Waals surface area contributed by atoms with Gasteiger partial charge in [0.25, 0.3) is 0 Å². The SMILES string of the molecule is O=S(=O)(Cc1ccccc1CNCc1ccc(Cl)cc1)N1CCOCC1. The topological polar surface area (TPSA) is 58.6 Å². The summed E-state index contributed by atoms with van der Waals surface area (Å²) in [6.45, 7) is 3.09. The fourth-order valence-corrected chi connectivity index (χ4v) is 4.62. The van der Waals surface area contributed by atoms with Crippen LogP contribution in [0, 0.1) is 0 Å². The zero-order chi connectivity index (χ0) is 18.4.